The average Bonchev–Trinajstić information content (AvgIpc) is 3.14. The van der Waals surface area contributed by atoms with Crippen LogP contribution in [0.25, 0.3) is 0 Å². The van der Waals surface area contributed by atoms with Crippen molar-refractivity contribution in [1.29, 1.82) is 0 Å². The van der Waals surface area contributed by atoms with Gasteiger partial charge in [0, 0.05) is 6.42 Å². The Hall–Kier alpha value is -0.200. The molecule has 14 atom stereocenters. The fourth-order valence-corrected chi connectivity index (χ4v) is 10.3. The van der Waals surface area contributed by atoms with Crippen LogP contribution >= 0.6 is 0 Å². The fourth-order valence-electron chi connectivity index (χ4n) is 10.3. The minimum Gasteiger partial charge on any atom is -0.393 e. The van der Waals surface area contributed by atoms with Crippen molar-refractivity contribution < 1.29 is 25.2 Å². The van der Waals surface area contributed by atoms with E-state index >= 15 is 0 Å². The van der Waals surface area contributed by atoms with E-state index in [1.165, 1.54) is 6.42 Å². The molecule has 5 heteroatoms. The lowest BCUT2D eigenvalue weighted by Gasteiger charge is -2.63. The van der Waals surface area contributed by atoms with Crippen molar-refractivity contribution in [2.45, 2.75) is 123 Å². The number of hydrogen-bond donors (Lipinski definition) is 4. The van der Waals surface area contributed by atoms with Crippen molar-refractivity contribution in [2.24, 2.45) is 58.2 Å². The Labute approximate surface area is 206 Å². The summed E-state index contributed by atoms with van der Waals surface area (Å²) in [6, 6.07) is 0. The van der Waals surface area contributed by atoms with Crippen molar-refractivity contribution in [3.63, 3.8) is 0 Å². The normalized spacial score (nSPS) is 56.5. The van der Waals surface area contributed by atoms with E-state index < -0.39 is 18.5 Å². The summed E-state index contributed by atoms with van der Waals surface area (Å²) in [5.41, 5.74) is 0.145. The summed E-state index contributed by atoms with van der Waals surface area (Å²) in [6.45, 7) is 11.7. The Bertz CT molecular complexity index is 742. The van der Waals surface area contributed by atoms with Crippen LogP contribution in [0.3, 0.4) is 0 Å². The summed E-state index contributed by atoms with van der Waals surface area (Å²) in [7, 11) is 0. The van der Waals surface area contributed by atoms with Crippen LogP contribution in [-0.2, 0) is 4.74 Å². The second-order valence-corrected chi connectivity index (χ2v) is 14.0. The van der Waals surface area contributed by atoms with E-state index in [1.54, 1.807) is 0 Å². The van der Waals surface area contributed by atoms with Crippen LogP contribution in [0, 0.1) is 58.2 Å². The van der Waals surface area contributed by atoms with Gasteiger partial charge >= 0.3 is 0 Å². The molecule has 9 unspecified atom stereocenters. The zero-order valence-corrected chi connectivity index (χ0v) is 22.1. The molecule has 4 aliphatic carbocycles. The van der Waals surface area contributed by atoms with Crippen molar-refractivity contribution in [1.82, 2.24) is 0 Å². The molecule has 5 aliphatic rings. The van der Waals surface area contributed by atoms with Gasteiger partial charge in [0.2, 0.25) is 0 Å². The average molecular weight is 479 g/mol. The van der Waals surface area contributed by atoms with E-state index in [9.17, 15) is 20.4 Å². The fraction of sp³-hybridized carbons (Fsp3) is 1.00. The number of fused-ring (bicyclic) bond motifs is 5. The van der Waals surface area contributed by atoms with Gasteiger partial charge in [-0.1, -0.05) is 34.6 Å². The van der Waals surface area contributed by atoms with Gasteiger partial charge in [-0.2, -0.15) is 0 Å². The zero-order valence-electron chi connectivity index (χ0n) is 22.1. The summed E-state index contributed by atoms with van der Waals surface area (Å²) in [6.07, 6.45) is 6.39. The lowest BCUT2D eigenvalue weighted by Crippen LogP contribution is -2.64. The molecule has 0 aromatic rings. The number of hydrogen-bond acceptors (Lipinski definition) is 5. The van der Waals surface area contributed by atoms with Gasteiger partial charge in [-0.25, -0.2) is 0 Å². The van der Waals surface area contributed by atoms with Gasteiger partial charge in [-0.3, -0.25) is 0 Å². The van der Waals surface area contributed by atoms with Crippen LogP contribution in [0.1, 0.15) is 92.4 Å². The third kappa shape index (κ3) is 3.83. The molecule has 196 valence electrons. The predicted molar refractivity (Wildman–Crippen MR) is 132 cm³/mol. The van der Waals surface area contributed by atoms with Crippen molar-refractivity contribution in [3.05, 3.63) is 0 Å². The van der Waals surface area contributed by atoms with E-state index in [1.807, 2.05) is 0 Å². The first kappa shape index (κ1) is 25.4. The monoisotopic (exact) mass is 478 g/mol. The summed E-state index contributed by atoms with van der Waals surface area (Å²) in [5, 5.41) is 43.6. The molecule has 5 fully saturated rings. The molecule has 4 saturated carbocycles. The largest absolute Gasteiger partial charge is 0.393 e. The molecule has 4 N–H and O–H groups in total. The van der Waals surface area contributed by atoms with E-state index in [2.05, 4.69) is 34.6 Å². The summed E-state index contributed by atoms with van der Waals surface area (Å²) in [4.78, 5) is 0. The zero-order chi connectivity index (χ0) is 24.6. The quantitative estimate of drug-likeness (QED) is 0.484. The highest BCUT2D eigenvalue weighted by Gasteiger charge is 2.65. The Morgan fingerprint density at radius 2 is 1.41 bits per heavy atom. The van der Waals surface area contributed by atoms with Crippen LogP contribution in [0.15, 0.2) is 0 Å². The van der Waals surface area contributed by atoms with Crippen LogP contribution < -0.4 is 0 Å². The smallest absolute Gasteiger partial charge is 0.155 e. The Morgan fingerprint density at radius 1 is 0.735 bits per heavy atom. The van der Waals surface area contributed by atoms with Gasteiger partial charge in [0.15, 0.2) is 6.29 Å². The van der Waals surface area contributed by atoms with E-state index in [0.717, 1.165) is 44.9 Å². The second kappa shape index (κ2) is 8.97. The molecule has 5 rings (SSSR count). The highest BCUT2D eigenvalue weighted by atomic mass is 16.6. The van der Waals surface area contributed by atoms with Crippen LogP contribution in [0.5, 0.6) is 0 Å². The molecular weight excluding hydrogens is 428 g/mol. The first-order valence-electron chi connectivity index (χ1n) is 14.3. The molecule has 5 nitrogen and oxygen atoms in total. The topological polar surface area (TPSA) is 90.2 Å². The maximum Gasteiger partial charge on any atom is 0.155 e. The lowest BCUT2D eigenvalue weighted by molar-refractivity contribution is -0.228. The molecular formula is C29H50O5. The van der Waals surface area contributed by atoms with Crippen LogP contribution in [0.4, 0.5) is 0 Å². The Kier molecular flexibility index (Phi) is 6.72. The van der Waals surface area contributed by atoms with Crippen molar-refractivity contribution in [3.8, 4) is 0 Å². The van der Waals surface area contributed by atoms with E-state index in [0.29, 0.717) is 41.9 Å². The van der Waals surface area contributed by atoms with Crippen LogP contribution in [0.2, 0.25) is 0 Å². The summed E-state index contributed by atoms with van der Waals surface area (Å²) >= 11 is 0. The van der Waals surface area contributed by atoms with Gasteiger partial charge in [0.25, 0.3) is 0 Å². The second-order valence-electron chi connectivity index (χ2n) is 14.0. The summed E-state index contributed by atoms with van der Waals surface area (Å²) < 4.78 is 6.15. The minimum absolute atomic E-state index is 0.00178. The molecule has 1 aliphatic heterocycles. The third-order valence-corrected chi connectivity index (χ3v) is 12.3. The molecule has 1 saturated heterocycles. The van der Waals surface area contributed by atoms with Crippen LogP contribution in [-0.4, -0.2) is 51.1 Å². The molecule has 1 heterocycles. The first-order valence-corrected chi connectivity index (χ1v) is 14.3. The molecule has 0 aromatic heterocycles. The van der Waals surface area contributed by atoms with E-state index in [-0.39, 0.29) is 34.9 Å². The maximum absolute atomic E-state index is 11.5. The Balaban J connectivity index is 1.38. The van der Waals surface area contributed by atoms with Gasteiger partial charge in [-0.15, -0.1) is 0 Å². The number of aliphatic hydroxyl groups excluding tert-OH is 4. The molecule has 0 bridgehead atoms. The molecule has 0 spiro atoms. The maximum atomic E-state index is 11.5. The van der Waals surface area contributed by atoms with Gasteiger partial charge in [-0.05, 0) is 110 Å². The molecule has 0 radical (unpaired) electrons. The number of aliphatic hydroxyl groups is 4. The first-order chi connectivity index (χ1) is 16.0. The number of rotatable bonds is 3. The molecule has 34 heavy (non-hydrogen) atoms. The van der Waals surface area contributed by atoms with Crippen molar-refractivity contribution in [2.75, 3.05) is 0 Å². The van der Waals surface area contributed by atoms with Gasteiger partial charge in [0.05, 0.1) is 24.4 Å². The highest BCUT2D eigenvalue weighted by Crippen LogP contribution is 2.68. The predicted octanol–water partition coefficient (Wildman–Crippen LogP) is 4.35. The Morgan fingerprint density at radius 3 is 2.12 bits per heavy atom. The minimum atomic E-state index is -0.733. The molecule has 0 amide bonds. The van der Waals surface area contributed by atoms with Gasteiger partial charge in [0.1, 0.15) is 0 Å². The SMILES string of the molecule is CC(C)C1CC(O)OC(C(C)C2CCC3C4C(CC[C@]23C)[C@@]2(C)CC[C@@H](O)CC2[C@@H](O)[C@@H]4O)C1. The summed E-state index contributed by atoms with van der Waals surface area (Å²) in [5.74, 6) is 2.94. The van der Waals surface area contributed by atoms with Crippen molar-refractivity contribution >= 4 is 0 Å². The van der Waals surface area contributed by atoms with Gasteiger partial charge < -0.3 is 25.2 Å². The standard InChI is InChI=1S/C29H50O5/c1-15(2)17-12-23(34-24(31)13-17)16(3)19-6-7-20-25-21(9-11-28(19,20)4)29(5)10-8-18(30)14-22(29)26(32)27(25)33/h15-27,30-33H,6-14H2,1-5H3/t16?,17?,18-,19?,20?,21?,22?,23?,24?,25?,26-,27-,28-,29-/m1/s1. The molecule has 0 aromatic carbocycles. The number of ether oxygens (including phenoxy) is 1. The van der Waals surface area contributed by atoms with E-state index in [4.69, 9.17) is 4.74 Å². The highest BCUT2D eigenvalue weighted by molar-refractivity contribution is 5.14. The lowest BCUT2D eigenvalue weighted by atomic mass is 9.43. The third-order valence-electron chi connectivity index (χ3n) is 12.3.